The van der Waals surface area contributed by atoms with Gasteiger partial charge in [-0.1, -0.05) is 18.2 Å². The maximum Gasteiger partial charge on any atom is 0.191 e. The predicted molar refractivity (Wildman–Crippen MR) is 112 cm³/mol. The lowest BCUT2D eigenvalue weighted by molar-refractivity contribution is 0.195. The molecule has 5 nitrogen and oxygen atoms in total. The van der Waals surface area contributed by atoms with E-state index in [0.29, 0.717) is 6.61 Å². The molecule has 0 saturated carbocycles. The molecule has 6 heteroatoms. The lowest BCUT2D eigenvalue weighted by Gasteiger charge is -2.12. The number of hydrogen-bond donors (Lipinski definition) is 2. The minimum absolute atomic E-state index is 0. The topological polar surface area (TPSA) is 54.9 Å². The fourth-order valence-corrected chi connectivity index (χ4v) is 2.22. The van der Waals surface area contributed by atoms with Crippen LogP contribution < -0.4 is 15.4 Å². The maximum atomic E-state index is 5.90. The van der Waals surface area contributed by atoms with E-state index in [0.717, 1.165) is 50.8 Å². The molecular weight excluding hydrogens is 417 g/mol. The number of benzene rings is 1. The standard InChI is InChI=1S/C18H31N3O2.HI/c1-5-19-18(20-11-7-13-22-4)21-12-8-14-23-17-15(2)9-6-10-16(17)3;/h6,9-10H,5,7-8,11-14H2,1-4H3,(H2,19,20,21);1H. The van der Waals surface area contributed by atoms with Crippen molar-refractivity contribution >= 4 is 29.9 Å². The zero-order chi connectivity index (χ0) is 16.9. The van der Waals surface area contributed by atoms with Crippen molar-refractivity contribution in [2.75, 3.05) is 40.0 Å². The summed E-state index contributed by atoms with van der Waals surface area (Å²) in [5, 5.41) is 6.54. The van der Waals surface area contributed by atoms with Gasteiger partial charge in [0.05, 0.1) is 6.61 Å². The van der Waals surface area contributed by atoms with Gasteiger partial charge >= 0.3 is 0 Å². The fraction of sp³-hybridized carbons (Fsp3) is 0.611. The highest BCUT2D eigenvalue weighted by atomic mass is 127. The van der Waals surface area contributed by atoms with Crippen LogP contribution in [0.4, 0.5) is 0 Å². The van der Waals surface area contributed by atoms with E-state index in [1.807, 2.05) is 0 Å². The molecule has 0 aliphatic rings. The predicted octanol–water partition coefficient (Wildman–Crippen LogP) is 3.28. The molecule has 1 aromatic carbocycles. The molecule has 0 radical (unpaired) electrons. The molecule has 1 rings (SSSR count). The first-order valence-corrected chi connectivity index (χ1v) is 8.39. The van der Waals surface area contributed by atoms with E-state index in [1.54, 1.807) is 7.11 Å². The molecule has 0 amide bonds. The number of para-hydroxylation sites is 1. The van der Waals surface area contributed by atoms with Crippen LogP contribution in [0.15, 0.2) is 23.2 Å². The van der Waals surface area contributed by atoms with E-state index < -0.39 is 0 Å². The van der Waals surface area contributed by atoms with E-state index in [4.69, 9.17) is 9.47 Å². The van der Waals surface area contributed by atoms with Crippen LogP contribution in [0.1, 0.15) is 30.9 Å². The van der Waals surface area contributed by atoms with Crippen molar-refractivity contribution in [1.29, 1.82) is 0 Å². The highest BCUT2D eigenvalue weighted by Crippen LogP contribution is 2.22. The molecule has 0 fully saturated rings. The Morgan fingerprint density at radius 1 is 1.08 bits per heavy atom. The van der Waals surface area contributed by atoms with Crippen molar-refractivity contribution < 1.29 is 9.47 Å². The Hall–Kier alpha value is -1.02. The first-order valence-electron chi connectivity index (χ1n) is 8.39. The lowest BCUT2D eigenvalue weighted by Crippen LogP contribution is -2.38. The van der Waals surface area contributed by atoms with E-state index >= 15 is 0 Å². The van der Waals surface area contributed by atoms with Crippen molar-refractivity contribution in [3.05, 3.63) is 29.3 Å². The zero-order valence-corrected chi connectivity index (χ0v) is 17.7. The Bertz CT molecular complexity index is 461. The number of aryl methyl sites for hydroxylation is 2. The summed E-state index contributed by atoms with van der Waals surface area (Å²) in [5.41, 5.74) is 2.36. The third-order valence-corrected chi connectivity index (χ3v) is 3.39. The summed E-state index contributed by atoms with van der Waals surface area (Å²) in [7, 11) is 1.72. The molecule has 0 aliphatic heterocycles. The normalized spacial score (nSPS) is 10.9. The molecule has 2 N–H and O–H groups in total. The molecule has 0 heterocycles. The van der Waals surface area contributed by atoms with Gasteiger partial charge in [0.15, 0.2) is 5.96 Å². The smallest absolute Gasteiger partial charge is 0.191 e. The second-order valence-corrected chi connectivity index (χ2v) is 5.46. The molecule has 0 aliphatic carbocycles. The van der Waals surface area contributed by atoms with E-state index in [9.17, 15) is 0 Å². The molecule has 0 bridgehead atoms. The van der Waals surface area contributed by atoms with Crippen LogP contribution in [-0.4, -0.2) is 45.9 Å². The van der Waals surface area contributed by atoms with Gasteiger partial charge in [-0.15, -0.1) is 24.0 Å². The summed E-state index contributed by atoms with van der Waals surface area (Å²) in [6.07, 6.45) is 1.86. The summed E-state index contributed by atoms with van der Waals surface area (Å²) in [6.45, 7) is 10.1. The second kappa shape index (κ2) is 14.3. The van der Waals surface area contributed by atoms with Gasteiger partial charge in [0.25, 0.3) is 0 Å². The highest BCUT2D eigenvalue weighted by Gasteiger charge is 2.02. The molecule has 0 spiro atoms. The highest BCUT2D eigenvalue weighted by molar-refractivity contribution is 14.0. The molecule has 0 unspecified atom stereocenters. The van der Waals surface area contributed by atoms with Gasteiger partial charge in [0.2, 0.25) is 0 Å². The quantitative estimate of drug-likeness (QED) is 0.249. The van der Waals surface area contributed by atoms with Crippen LogP contribution in [0.2, 0.25) is 0 Å². The van der Waals surface area contributed by atoms with Gasteiger partial charge in [0, 0.05) is 39.8 Å². The fourth-order valence-electron chi connectivity index (χ4n) is 2.22. The van der Waals surface area contributed by atoms with Crippen LogP contribution in [0.25, 0.3) is 0 Å². The summed E-state index contributed by atoms with van der Waals surface area (Å²) in [5.74, 6) is 1.86. The van der Waals surface area contributed by atoms with Crippen LogP contribution in [0.5, 0.6) is 5.75 Å². The SMILES string of the molecule is CCNC(=NCCCOc1c(C)cccc1C)NCCCOC.I. The van der Waals surface area contributed by atoms with Crippen LogP contribution in [-0.2, 0) is 4.74 Å². The largest absolute Gasteiger partial charge is 0.493 e. The van der Waals surface area contributed by atoms with Crippen molar-refractivity contribution in [3.63, 3.8) is 0 Å². The summed E-state index contributed by atoms with van der Waals surface area (Å²) >= 11 is 0. The number of ether oxygens (including phenoxy) is 2. The monoisotopic (exact) mass is 449 g/mol. The maximum absolute atomic E-state index is 5.90. The second-order valence-electron chi connectivity index (χ2n) is 5.46. The number of methoxy groups -OCH3 is 1. The van der Waals surface area contributed by atoms with Gasteiger partial charge < -0.3 is 20.1 Å². The summed E-state index contributed by atoms with van der Waals surface area (Å²) in [6, 6.07) is 6.21. The van der Waals surface area contributed by atoms with Gasteiger partial charge in [-0.2, -0.15) is 0 Å². The number of nitrogens with one attached hydrogen (secondary N) is 2. The van der Waals surface area contributed by atoms with Gasteiger partial charge in [0.1, 0.15) is 5.75 Å². The molecule has 24 heavy (non-hydrogen) atoms. The van der Waals surface area contributed by atoms with Crippen molar-refractivity contribution in [1.82, 2.24) is 10.6 Å². The molecular formula is C18H32IN3O2. The Morgan fingerprint density at radius 2 is 1.79 bits per heavy atom. The van der Waals surface area contributed by atoms with Crippen LogP contribution in [0.3, 0.4) is 0 Å². The number of guanidine groups is 1. The minimum Gasteiger partial charge on any atom is -0.493 e. The average molecular weight is 449 g/mol. The molecule has 0 aromatic heterocycles. The number of nitrogens with zero attached hydrogens (tertiary/aromatic N) is 1. The van der Waals surface area contributed by atoms with E-state index in [2.05, 4.69) is 54.6 Å². The Labute approximate surface area is 163 Å². The third-order valence-electron chi connectivity index (χ3n) is 3.39. The van der Waals surface area contributed by atoms with E-state index in [-0.39, 0.29) is 24.0 Å². The van der Waals surface area contributed by atoms with E-state index in [1.165, 1.54) is 11.1 Å². The summed E-state index contributed by atoms with van der Waals surface area (Å²) in [4.78, 5) is 4.56. The molecule has 138 valence electrons. The van der Waals surface area contributed by atoms with Gasteiger partial charge in [-0.05, 0) is 38.3 Å². The number of hydrogen-bond acceptors (Lipinski definition) is 3. The van der Waals surface area contributed by atoms with Crippen molar-refractivity contribution in [3.8, 4) is 5.75 Å². The van der Waals surface area contributed by atoms with Gasteiger partial charge in [-0.3, -0.25) is 4.99 Å². The Kier molecular flexibility index (Phi) is 13.7. The van der Waals surface area contributed by atoms with Crippen molar-refractivity contribution in [2.24, 2.45) is 4.99 Å². The average Bonchev–Trinajstić information content (AvgIpc) is 2.53. The number of halogens is 1. The van der Waals surface area contributed by atoms with Gasteiger partial charge in [-0.25, -0.2) is 0 Å². The first-order chi connectivity index (χ1) is 11.2. The molecule has 0 atom stereocenters. The zero-order valence-electron chi connectivity index (χ0n) is 15.4. The number of aliphatic imine (C=N–C) groups is 1. The molecule has 0 saturated heterocycles. The van der Waals surface area contributed by atoms with Crippen molar-refractivity contribution in [2.45, 2.75) is 33.6 Å². The Morgan fingerprint density at radius 3 is 2.42 bits per heavy atom. The van der Waals surface area contributed by atoms with Crippen LogP contribution >= 0.6 is 24.0 Å². The Balaban J connectivity index is 0.00000529. The minimum atomic E-state index is 0. The summed E-state index contributed by atoms with van der Waals surface area (Å²) < 4.78 is 10.9. The van der Waals surface area contributed by atoms with Crippen LogP contribution in [0, 0.1) is 13.8 Å². The first kappa shape index (κ1) is 23.0. The lowest BCUT2D eigenvalue weighted by atomic mass is 10.1. The third kappa shape index (κ3) is 9.32. The molecule has 1 aromatic rings. The number of rotatable bonds is 10.